The standard InChI is InChI=1S/C15H18N4O3/c1-10-16-14(18-22-10)11-3-2-4-12(9-11)17-15(21)19(7-8-20)13-5-6-13/h2-4,9,13,20H,5-8H2,1H3,(H,17,21). The maximum absolute atomic E-state index is 12.3. The zero-order valence-electron chi connectivity index (χ0n) is 12.3. The molecule has 0 aliphatic heterocycles. The quantitative estimate of drug-likeness (QED) is 0.881. The molecule has 0 spiro atoms. The van der Waals surface area contributed by atoms with E-state index in [9.17, 15) is 4.79 Å². The van der Waals surface area contributed by atoms with Gasteiger partial charge in [-0.2, -0.15) is 4.98 Å². The van der Waals surface area contributed by atoms with Crippen LogP contribution in [0.3, 0.4) is 0 Å². The van der Waals surface area contributed by atoms with Gasteiger partial charge in [-0.3, -0.25) is 0 Å². The Morgan fingerprint density at radius 2 is 2.32 bits per heavy atom. The van der Waals surface area contributed by atoms with Gasteiger partial charge in [0.15, 0.2) is 0 Å². The molecule has 0 atom stereocenters. The predicted octanol–water partition coefficient (Wildman–Crippen LogP) is 2.03. The number of aliphatic hydroxyl groups is 1. The number of amides is 2. The fourth-order valence-corrected chi connectivity index (χ4v) is 2.29. The van der Waals surface area contributed by atoms with Crippen LogP contribution in [0.2, 0.25) is 0 Å². The topological polar surface area (TPSA) is 91.5 Å². The summed E-state index contributed by atoms with van der Waals surface area (Å²) in [4.78, 5) is 18.1. The van der Waals surface area contributed by atoms with E-state index in [1.165, 1.54) is 0 Å². The van der Waals surface area contributed by atoms with Gasteiger partial charge in [0.05, 0.1) is 6.61 Å². The number of nitrogens with zero attached hydrogens (tertiary/aromatic N) is 3. The van der Waals surface area contributed by atoms with E-state index < -0.39 is 0 Å². The number of anilines is 1. The van der Waals surface area contributed by atoms with Crippen LogP contribution in [0, 0.1) is 6.92 Å². The maximum Gasteiger partial charge on any atom is 0.322 e. The molecule has 22 heavy (non-hydrogen) atoms. The Kier molecular flexibility index (Phi) is 4.06. The summed E-state index contributed by atoms with van der Waals surface area (Å²) >= 11 is 0. The summed E-state index contributed by atoms with van der Waals surface area (Å²) in [5.41, 5.74) is 1.43. The van der Waals surface area contributed by atoms with Crippen LogP contribution in [0.5, 0.6) is 0 Å². The number of carbonyl (C=O) groups excluding carboxylic acids is 1. The average molecular weight is 302 g/mol. The molecule has 0 bridgehead atoms. The van der Waals surface area contributed by atoms with Crippen molar-refractivity contribution in [1.82, 2.24) is 15.0 Å². The van der Waals surface area contributed by atoms with E-state index in [-0.39, 0.29) is 18.7 Å². The van der Waals surface area contributed by atoms with Crippen LogP contribution >= 0.6 is 0 Å². The SMILES string of the molecule is Cc1nc(-c2cccc(NC(=O)N(CCO)C3CC3)c2)no1. The summed E-state index contributed by atoms with van der Waals surface area (Å²) in [6.45, 7) is 2.04. The zero-order chi connectivity index (χ0) is 15.5. The van der Waals surface area contributed by atoms with Gasteiger partial charge in [-0.25, -0.2) is 4.79 Å². The van der Waals surface area contributed by atoms with Crippen molar-refractivity contribution in [2.75, 3.05) is 18.5 Å². The van der Waals surface area contributed by atoms with Crippen LogP contribution in [-0.2, 0) is 0 Å². The van der Waals surface area contributed by atoms with Gasteiger partial charge in [0.25, 0.3) is 0 Å². The number of benzene rings is 1. The number of hydrogen-bond acceptors (Lipinski definition) is 5. The highest BCUT2D eigenvalue weighted by molar-refractivity contribution is 5.90. The van der Waals surface area contributed by atoms with Crippen LogP contribution < -0.4 is 5.32 Å². The molecule has 1 saturated carbocycles. The van der Waals surface area contributed by atoms with E-state index >= 15 is 0 Å². The van der Waals surface area contributed by atoms with Gasteiger partial charge in [0.1, 0.15) is 0 Å². The number of aliphatic hydroxyl groups excluding tert-OH is 1. The maximum atomic E-state index is 12.3. The van der Waals surface area contributed by atoms with E-state index in [1.54, 1.807) is 24.0 Å². The Balaban J connectivity index is 1.73. The third kappa shape index (κ3) is 3.25. The van der Waals surface area contributed by atoms with E-state index in [1.807, 2.05) is 12.1 Å². The molecule has 1 aromatic heterocycles. The highest BCUT2D eigenvalue weighted by Gasteiger charge is 2.32. The first kappa shape index (κ1) is 14.5. The lowest BCUT2D eigenvalue weighted by Gasteiger charge is -2.21. The third-order valence-electron chi connectivity index (χ3n) is 3.49. The second kappa shape index (κ2) is 6.15. The lowest BCUT2D eigenvalue weighted by Crippen LogP contribution is -2.38. The molecular formula is C15H18N4O3. The van der Waals surface area contributed by atoms with Crippen LogP contribution in [0.1, 0.15) is 18.7 Å². The van der Waals surface area contributed by atoms with Gasteiger partial charge >= 0.3 is 6.03 Å². The summed E-state index contributed by atoms with van der Waals surface area (Å²) in [5.74, 6) is 0.982. The van der Waals surface area contributed by atoms with Crippen LogP contribution in [0.15, 0.2) is 28.8 Å². The highest BCUT2D eigenvalue weighted by Crippen LogP contribution is 2.27. The van der Waals surface area contributed by atoms with Gasteiger partial charge in [-0.05, 0) is 25.0 Å². The molecule has 0 radical (unpaired) electrons. The summed E-state index contributed by atoms with van der Waals surface area (Å²) in [7, 11) is 0. The first-order chi connectivity index (χ1) is 10.7. The number of rotatable bonds is 5. The van der Waals surface area contributed by atoms with Crippen molar-refractivity contribution in [2.45, 2.75) is 25.8 Å². The molecule has 2 aromatic rings. The molecule has 7 nitrogen and oxygen atoms in total. The Hall–Kier alpha value is -2.41. The third-order valence-corrected chi connectivity index (χ3v) is 3.49. The van der Waals surface area contributed by atoms with Crippen molar-refractivity contribution in [1.29, 1.82) is 0 Å². The van der Waals surface area contributed by atoms with Gasteiger partial charge in [0.2, 0.25) is 11.7 Å². The number of aryl methyl sites for hydroxylation is 1. The molecule has 1 aliphatic carbocycles. The highest BCUT2D eigenvalue weighted by atomic mass is 16.5. The Morgan fingerprint density at radius 3 is 2.95 bits per heavy atom. The molecular weight excluding hydrogens is 284 g/mol. The minimum absolute atomic E-state index is 0.0356. The molecule has 0 unspecified atom stereocenters. The van der Waals surface area contributed by atoms with Crippen molar-refractivity contribution in [3.05, 3.63) is 30.2 Å². The molecule has 1 fully saturated rings. The van der Waals surface area contributed by atoms with Gasteiger partial charge < -0.3 is 19.8 Å². The van der Waals surface area contributed by atoms with Crippen molar-refractivity contribution < 1.29 is 14.4 Å². The number of carbonyl (C=O) groups is 1. The molecule has 1 heterocycles. The molecule has 2 N–H and O–H groups in total. The van der Waals surface area contributed by atoms with Crippen LogP contribution in [0.25, 0.3) is 11.4 Å². The first-order valence-corrected chi connectivity index (χ1v) is 7.26. The van der Waals surface area contributed by atoms with Crippen molar-refractivity contribution in [2.24, 2.45) is 0 Å². The molecule has 3 rings (SSSR count). The summed E-state index contributed by atoms with van der Waals surface area (Å²) < 4.78 is 4.97. The fourth-order valence-electron chi connectivity index (χ4n) is 2.29. The number of hydrogen-bond donors (Lipinski definition) is 2. The zero-order valence-corrected chi connectivity index (χ0v) is 12.3. The normalized spacial score (nSPS) is 13.9. The number of nitrogens with one attached hydrogen (secondary N) is 1. The summed E-state index contributed by atoms with van der Waals surface area (Å²) in [6, 6.07) is 7.33. The van der Waals surface area contributed by atoms with E-state index in [0.717, 1.165) is 18.4 Å². The lowest BCUT2D eigenvalue weighted by atomic mass is 10.2. The van der Waals surface area contributed by atoms with E-state index in [4.69, 9.17) is 9.63 Å². The summed E-state index contributed by atoms with van der Waals surface area (Å²) in [6.07, 6.45) is 1.99. The minimum Gasteiger partial charge on any atom is -0.395 e. The smallest absolute Gasteiger partial charge is 0.322 e. The molecule has 0 saturated heterocycles. The largest absolute Gasteiger partial charge is 0.395 e. The second-order valence-corrected chi connectivity index (χ2v) is 5.30. The van der Waals surface area contributed by atoms with Gasteiger partial charge in [-0.1, -0.05) is 17.3 Å². The lowest BCUT2D eigenvalue weighted by molar-refractivity contribution is 0.185. The molecule has 116 valence electrons. The van der Waals surface area contributed by atoms with Crippen molar-refractivity contribution in [3.8, 4) is 11.4 Å². The molecule has 7 heteroatoms. The number of urea groups is 1. The van der Waals surface area contributed by atoms with Crippen LogP contribution in [0.4, 0.5) is 10.5 Å². The summed E-state index contributed by atoms with van der Waals surface area (Å²) in [5, 5.41) is 15.8. The van der Waals surface area contributed by atoms with E-state index in [0.29, 0.717) is 23.9 Å². The minimum atomic E-state index is -0.196. The van der Waals surface area contributed by atoms with Crippen molar-refractivity contribution in [3.63, 3.8) is 0 Å². The van der Waals surface area contributed by atoms with E-state index in [2.05, 4.69) is 15.5 Å². The Labute approximate surface area is 127 Å². The first-order valence-electron chi connectivity index (χ1n) is 7.26. The number of aromatic nitrogens is 2. The van der Waals surface area contributed by atoms with Gasteiger partial charge in [0, 0.05) is 30.8 Å². The second-order valence-electron chi connectivity index (χ2n) is 5.30. The Morgan fingerprint density at radius 1 is 1.50 bits per heavy atom. The Bertz CT molecular complexity index is 666. The molecule has 1 aromatic carbocycles. The van der Waals surface area contributed by atoms with Crippen LogP contribution in [-0.4, -0.2) is 45.4 Å². The monoisotopic (exact) mass is 302 g/mol. The van der Waals surface area contributed by atoms with Gasteiger partial charge in [-0.15, -0.1) is 0 Å². The fraction of sp³-hybridized carbons (Fsp3) is 0.400. The molecule has 1 aliphatic rings. The predicted molar refractivity (Wildman–Crippen MR) is 80.3 cm³/mol. The van der Waals surface area contributed by atoms with Crippen molar-refractivity contribution >= 4 is 11.7 Å². The average Bonchev–Trinajstić information content (AvgIpc) is 3.25. The molecule has 2 amide bonds.